The first-order valence-corrected chi connectivity index (χ1v) is 6.32. The highest BCUT2D eigenvalue weighted by molar-refractivity contribution is 5.46. The molecule has 2 N–H and O–H groups in total. The maximum Gasteiger partial charge on any atom is 0.0638 e. The lowest BCUT2D eigenvalue weighted by Crippen LogP contribution is -2.23. The van der Waals surface area contributed by atoms with E-state index in [1.54, 1.807) is 0 Å². The van der Waals surface area contributed by atoms with E-state index < -0.39 is 0 Å². The van der Waals surface area contributed by atoms with Gasteiger partial charge in [-0.25, -0.2) is 0 Å². The van der Waals surface area contributed by atoms with Gasteiger partial charge in [0.05, 0.1) is 6.04 Å². The van der Waals surface area contributed by atoms with Gasteiger partial charge in [-0.15, -0.1) is 0 Å². The number of benzene rings is 2. The minimum atomic E-state index is 0.291. The molecule has 0 saturated carbocycles. The first kappa shape index (κ1) is 12.7. The van der Waals surface area contributed by atoms with Crippen LogP contribution in [0, 0.1) is 6.92 Å². The largest absolute Gasteiger partial charge is 0.377 e. The Bertz CT molecular complexity index is 462. The fourth-order valence-corrected chi connectivity index (χ4v) is 1.99. The lowest BCUT2D eigenvalue weighted by atomic mass is 10.1. The van der Waals surface area contributed by atoms with Crippen LogP contribution < -0.4 is 10.6 Å². The van der Waals surface area contributed by atoms with Crippen LogP contribution in [0.25, 0.3) is 0 Å². The van der Waals surface area contributed by atoms with E-state index in [9.17, 15) is 0 Å². The van der Waals surface area contributed by atoms with E-state index in [-0.39, 0.29) is 0 Å². The third-order valence-electron chi connectivity index (χ3n) is 3.00. The topological polar surface area (TPSA) is 24.1 Å². The highest BCUT2D eigenvalue weighted by atomic mass is 15.0. The van der Waals surface area contributed by atoms with Gasteiger partial charge in [-0.2, -0.15) is 0 Å². The SMILES string of the molecule is CNCC(Nc1ccc(C)cc1)c1ccccc1. The van der Waals surface area contributed by atoms with Gasteiger partial charge in [-0.3, -0.25) is 0 Å². The van der Waals surface area contributed by atoms with Crippen LogP contribution in [0.1, 0.15) is 17.2 Å². The van der Waals surface area contributed by atoms with Crippen molar-refractivity contribution in [3.8, 4) is 0 Å². The van der Waals surface area contributed by atoms with Crippen molar-refractivity contribution in [3.05, 3.63) is 65.7 Å². The Kier molecular flexibility index (Phi) is 4.37. The summed E-state index contributed by atoms with van der Waals surface area (Å²) in [6, 6.07) is 19.3. The molecule has 0 aromatic heterocycles. The summed E-state index contributed by atoms with van der Waals surface area (Å²) < 4.78 is 0. The normalized spacial score (nSPS) is 12.1. The van der Waals surface area contributed by atoms with Crippen LogP contribution in [0.2, 0.25) is 0 Å². The summed E-state index contributed by atoms with van der Waals surface area (Å²) in [6.45, 7) is 3.00. The van der Waals surface area contributed by atoms with Crippen molar-refractivity contribution in [2.45, 2.75) is 13.0 Å². The summed E-state index contributed by atoms with van der Waals surface area (Å²) in [5, 5.41) is 6.80. The second-order valence-electron chi connectivity index (χ2n) is 4.53. The van der Waals surface area contributed by atoms with E-state index in [1.807, 2.05) is 13.1 Å². The zero-order chi connectivity index (χ0) is 12.8. The Morgan fingerprint density at radius 2 is 1.61 bits per heavy atom. The highest BCUT2D eigenvalue weighted by Gasteiger charge is 2.09. The molecule has 2 aromatic rings. The minimum absolute atomic E-state index is 0.291. The van der Waals surface area contributed by atoms with Crippen molar-refractivity contribution in [1.29, 1.82) is 0 Å². The van der Waals surface area contributed by atoms with Gasteiger partial charge >= 0.3 is 0 Å². The molecule has 0 fully saturated rings. The van der Waals surface area contributed by atoms with Crippen LogP contribution in [0.4, 0.5) is 5.69 Å². The third-order valence-corrected chi connectivity index (χ3v) is 3.00. The molecule has 0 radical (unpaired) electrons. The molecule has 0 aliphatic heterocycles. The summed E-state index contributed by atoms with van der Waals surface area (Å²) in [5.41, 5.74) is 3.74. The maximum atomic E-state index is 3.56. The number of anilines is 1. The summed E-state index contributed by atoms with van der Waals surface area (Å²) in [4.78, 5) is 0. The highest BCUT2D eigenvalue weighted by Crippen LogP contribution is 2.19. The molecule has 94 valence electrons. The molecule has 1 unspecified atom stereocenters. The fourth-order valence-electron chi connectivity index (χ4n) is 1.99. The second kappa shape index (κ2) is 6.22. The molecule has 18 heavy (non-hydrogen) atoms. The van der Waals surface area contributed by atoms with Crippen LogP contribution >= 0.6 is 0 Å². The van der Waals surface area contributed by atoms with Gasteiger partial charge in [-0.05, 0) is 31.7 Å². The molecular formula is C16H20N2. The Hall–Kier alpha value is -1.80. The number of hydrogen-bond acceptors (Lipinski definition) is 2. The first-order valence-electron chi connectivity index (χ1n) is 6.32. The molecule has 2 heteroatoms. The van der Waals surface area contributed by atoms with E-state index in [0.717, 1.165) is 12.2 Å². The molecule has 0 amide bonds. The summed E-state index contributed by atoms with van der Waals surface area (Å²) in [6.07, 6.45) is 0. The van der Waals surface area contributed by atoms with Gasteiger partial charge < -0.3 is 10.6 Å². The molecule has 0 aliphatic rings. The van der Waals surface area contributed by atoms with Gasteiger partial charge in [0.15, 0.2) is 0 Å². The molecule has 0 spiro atoms. The number of aryl methyl sites for hydroxylation is 1. The van der Waals surface area contributed by atoms with Crippen LogP contribution in [0.15, 0.2) is 54.6 Å². The van der Waals surface area contributed by atoms with Gasteiger partial charge in [0.1, 0.15) is 0 Å². The average Bonchev–Trinajstić information content (AvgIpc) is 2.42. The molecule has 0 heterocycles. The van der Waals surface area contributed by atoms with E-state index in [2.05, 4.69) is 66.1 Å². The monoisotopic (exact) mass is 240 g/mol. The molecule has 0 aliphatic carbocycles. The quantitative estimate of drug-likeness (QED) is 0.837. The van der Waals surface area contributed by atoms with Crippen molar-refractivity contribution in [2.24, 2.45) is 0 Å². The Labute approximate surface area is 109 Å². The predicted molar refractivity (Wildman–Crippen MR) is 77.9 cm³/mol. The zero-order valence-corrected chi connectivity index (χ0v) is 11.0. The lowest BCUT2D eigenvalue weighted by molar-refractivity contribution is 0.689. The molecule has 0 saturated heterocycles. The lowest BCUT2D eigenvalue weighted by Gasteiger charge is -2.20. The summed E-state index contributed by atoms with van der Waals surface area (Å²) >= 11 is 0. The predicted octanol–water partition coefficient (Wildman–Crippen LogP) is 3.37. The average molecular weight is 240 g/mol. The number of hydrogen-bond donors (Lipinski definition) is 2. The fraction of sp³-hybridized carbons (Fsp3) is 0.250. The van der Waals surface area contributed by atoms with Gasteiger partial charge in [0.25, 0.3) is 0 Å². The summed E-state index contributed by atoms with van der Waals surface area (Å²) in [7, 11) is 1.98. The maximum absolute atomic E-state index is 3.56. The Balaban J connectivity index is 2.14. The first-order chi connectivity index (χ1) is 8.79. The van der Waals surface area contributed by atoms with Gasteiger partial charge in [0.2, 0.25) is 0 Å². The van der Waals surface area contributed by atoms with Crippen LogP contribution in [-0.4, -0.2) is 13.6 Å². The van der Waals surface area contributed by atoms with E-state index in [0.29, 0.717) is 6.04 Å². The third kappa shape index (κ3) is 3.34. The number of likely N-dealkylation sites (N-methyl/N-ethyl adjacent to an activating group) is 1. The second-order valence-corrected chi connectivity index (χ2v) is 4.53. The van der Waals surface area contributed by atoms with Crippen molar-refractivity contribution in [2.75, 3.05) is 18.9 Å². The molecule has 1 atom stereocenters. The van der Waals surface area contributed by atoms with E-state index in [1.165, 1.54) is 11.1 Å². The summed E-state index contributed by atoms with van der Waals surface area (Å²) in [5.74, 6) is 0. The molecule has 0 bridgehead atoms. The Morgan fingerprint density at radius 3 is 2.22 bits per heavy atom. The van der Waals surface area contributed by atoms with Gasteiger partial charge in [0, 0.05) is 12.2 Å². The van der Waals surface area contributed by atoms with E-state index >= 15 is 0 Å². The van der Waals surface area contributed by atoms with Crippen LogP contribution in [0.3, 0.4) is 0 Å². The smallest absolute Gasteiger partial charge is 0.0638 e. The van der Waals surface area contributed by atoms with Crippen LogP contribution in [-0.2, 0) is 0 Å². The Morgan fingerprint density at radius 1 is 0.944 bits per heavy atom. The van der Waals surface area contributed by atoms with Crippen molar-refractivity contribution in [3.63, 3.8) is 0 Å². The molecule has 2 rings (SSSR count). The molecule has 2 aromatic carbocycles. The standard InChI is InChI=1S/C16H20N2/c1-13-8-10-15(11-9-13)18-16(12-17-2)14-6-4-3-5-7-14/h3-11,16-18H,12H2,1-2H3. The minimum Gasteiger partial charge on any atom is -0.377 e. The van der Waals surface area contributed by atoms with Crippen molar-refractivity contribution in [1.82, 2.24) is 5.32 Å². The molecule has 2 nitrogen and oxygen atoms in total. The van der Waals surface area contributed by atoms with Crippen LogP contribution in [0.5, 0.6) is 0 Å². The number of rotatable bonds is 5. The van der Waals surface area contributed by atoms with Crippen molar-refractivity contribution < 1.29 is 0 Å². The number of nitrogens with one attached hydrogen (secondary N) is 2. The van der Waals surface area contributed by atoms with E-state index in [4.69, 9.17) is 0 Å². The molecular weight excluding hydrogens is 220 g/mol. The van der Waals surface area contributed by atoms with Crippen molar-refractivity contribution >= 4 is 5.69 Å². The van der Waals surface area contributed by atoms with Gasteiger partial charge in [-0.1, -0.05) is 48.0 Å². The zero-order valence-electron chi connectivity index (χ0n) is 11.0.